The number of nitrogens with one attached hydrogen (secondary N) is 1. The van der Waals surface area contributed by atoms with Crippen molar-refractivity contribution in [3.63, 3.8) is 0 Å². The highest BCUT2D eigenvalue weighted by atomic mass is 19.1. The van der Waals surface area contributed by atoms with E-state index in [2.05, 4.69) is 5.32 Å². The first-order valence-corrected chi connectivity index (χ1v) is 8.14. The molecule has 0 atom stereocenters. The Bertz CT molecular complexity index is 1090. The van der Waals surface area contributed by atoms with Gasteiger partial charge in [0, 0.05) is 12.5 Å². The first kappa shape index (κ1) is 18.1. The Kier molecular flexibility index (Phi) is 5.13. The molecule has 0 aliphatic rings. The van der Waals surface area contributed by atoms with Crippen molar-refractivity contribution in [1.29, 1.82) is 5.26 Å². The van der Waals surface area contributed by atoms with Crippen molar-refractivity contribution in [3.8, 4) is 6.07 Å². The van der Waals surface area contributed by atoms with E-state index in [1.807, 2.05) is 30.3 Å². The number of amides is 1. The number of nitrogens with zero attached hydrogens (tertiary/aromatic N) is 1. The molecule has 3 aromatic carbocycles. The van der Waals surface area contributed by atoms with Crippen molar-refractivity contribution in [3.05, 3.63) is 77.1 Å². The maximum absolute atomic E-state index is 13.9. The van der Waals surface area contributed by atoms with Crippen molar-refractivity contribution in [2.24, 2.45) is 0 Å². The van der Waals surface area contributed by atoms with E-state index >= 15 is 0 Å². The number of halogens is 1. The molecule has 27 heavy (non-hydrogen) atoms. The third kappa shape index (κ3) is 4.10. The van der Waals surface area contributed by atoms with E-state index in [1.54, 1.807) is 12.1 Å². The summed E-state index contributed by atoms with van der Waals surface area (Å²) in [5.41, 5.74) is 0.856. The standard InChI is InChI=1S/C21H15FN2O3/c1-13(25)24-20-10-16-5-3-2-4-15(16)9-18(20)21(26)27-12-17-8-14(11-23)6-7-19(17)22/h2-10H,12H2,1H3,(H,24,25). The number of hydrogen-bond donors (Lipinski definition) is 1. The predicted molar refractivity (Wildman–Crippen MR) is 98.5 cm³/mol. The van der Waals surface area contributed by atoms with Crippen molar-refractivity contribution in [2.75, 3.05) is 5.32 Å². The molecule has 1 amide bonds. The molecule has 3 aromatic rings. The zero-order valence-electron chi connectivity index (χ0n) is 14.5. The Morgan fingerprint density at radius 1 is 1.11 bits per heavy atom. The van der Waals surface area contributed by atoms with Gasteiger partial charge in [0.25, 0.3) is 0 Å². The van der Waals surface area contributed by atoms with Gasteiger partial charge in [0.05, 0.1) is 22.9 Å². The molecule has 0 bridgehead atoms. The van der Waals surface area contributed by atoms with Gasteiger partial charge < -0.3 is 10.1 Å². The lowest BCUT2D eigenvalue weighted by atomic mass is 10.0. The van der Waals surface area contributed by atoms with Gasteiger partial charge in [-0.05, 0) is 41.1 Å². The summed E-state index contributed by atoms with van der Waals surface area (Å²) in [6, 6.07) is 16.4. The number of benzene rings is 3. The first-order valence-electron chi connectivity index (χ1n) is 8.14. The Labute approximate surface area is 155 Å². The second kappa shape index (κ2) is 7.67. The molecular weight excluding hydrogens is 347 g/mol. The third-order valence-electron chi connectivity index (χ3n) is 3.95. The van der Waals surface area contributed by atoms with Crippen molar-refractivity contribution < 1.29 is 18.7 Å². The van der Waals surface area contributed by atoms with Crippen LogP contribution >= 0.6 is 0 Å². The number of anilines is 1. The third-order valence-corrected chi connectivity index (χ3v) is 3.95. The second-order valence-electron chi connectivity index (χ2n) is 5.92. The Hall–Kier alpha value is -3.72. The van der Waals surface area contributed by atoms with Crippen molar-refractivity contribution >= 4 is 28.3 Å². The maximum Gasteiger partial charge on any atom is 0.340 e. The summed E-state index contributed by atoms with van der Waals surface area (Å²) in [5, 5.41) is 13.2. The SMILES string of the molecule is CC(=O)Nc1cc2ccccc2cc1C(=O)OCc1cc(C#N)ccc1F. The Morgan fingerprint density at radius 3 is 2.48 bits per heavy atom. The molecular formula is C21H15FN2O3. The van der Waals surface area contributed by atoms with E-state index in [-0.39, 0.29) is 29.2 Å². The van der Waals surface area contributed by atoms with Crippen LogP contribution in [0.4, 0.5) is 10.1 Å². The molecule has 0 spiro atoms. The van der Waals surface area contributed by atoms with Crippen LogP contribution in [-0.2, 0) is 16.1 Å². The van der Waals surface area contributed by atoms with Gasteiger partial charge in [-0.1, -0.05) is 24.3 Å². The quantitative estimate of drug-likeness (QED) is 0.707. The number of esters is 1. The maximum atomic E-state index is 13.9. The monoisotopic (exact) mass is 362 g/mol. The van der Waals surface area contributed by atoms with Gasteiger partial charge in [0.1, 0.15) is 12.4 Å². The Balaban J connectivity index is 1.90. The van der Waals surface area contributed by atoms with Crippen LogP contribution in [0.25, 0.3) is 10.8 Å². The van der Waals surface area contributed by atoms with Crippen LogP contribution < -0.4 is 5.32 Å². The minimum Gasteiger partial charge on any atom is -0.457 e. The number of nitriles is 1. The average Bonchev–Trinajstić information content (AvgIpc) is 2.66. The minimum absolute atomic E-state index is 0.101. The van der Waals surface area contributed by atoms with Crippen molar-refractivity contribution in [1.82, 2.24) is 0 Å². The van der Waals surface area contributed by atoms with Gasteiger partial charge in [0.15, 0.2) is 0 Å². The van der Waals surface area contributed by atoms with Gasteiger partial charge in [0.2, 0.25) is 5.91 Å². The fourth-order valence-corrected chi connectivity index (χ4v) is 2.68. The van der Waals surface area contributed by atoms with E-state index in [9.17, 15) is 14.0 Å². The van der Waals surface area contributed by atoms with E-state index in [0.717, 1.165) is 16.8 Å². The topological polar surface area (TPSA) is 79.2 Å². The molecule has 5 nitrogen and oxygen atoms in total. The van der Waals surface area contributed by atoms with Crippen LogP contribution in [0.3, 0.4) is 0 Å². The van der Waals surface area contributed by atoms with E-state index in [1.165, 1.54) is 19.1 Å². The molecule has 0 aromatic heterocycles. The predicted octanol–water partition coefficient (Wildman–Crippen LogP) is 4.17. The number of hydrogen-bond acceptors (Lipinski definition) is 4. The fraction of sp³-hybridized carbons (Fsp3) is 0.0952. The molecule has 0 aliphatic heterocycles. The smallest absolute Gasteiger partial charge is 0.340 e. The van der Waals surface area contributed by atoms with Gasteiger partial charge in [-0.15, -0.1) is 0 Å². The molecule has 134 valence electrons. The molecule has 1 N–H and O–H groups in total. The largest absolute Gasteiger partial charge is 0.457 e. The summed E-state index contributed by atoms with van der Waals surface area (Å²) in [7, 11) is 0. The molecule has 6 heteroatoms. The van der Waals surface area contributed by atoms with Crippen LogP contribution in [0.1, 0.15) is 28.4 Å². The van der Waals surface area contributed by atoms with Gasteiger partial charge >= 0.3 is 5.97 Å². The first-order chi connectivity index (χ1) is 13.0. The molecule has 0 radical (unpaired) electrons. The van der Waals surface area contributed by atoms with Crippen molar-refractivity contribution in [2.45, 2.75) is 13.5 Å². The molecule has 0 unspecified atom stereocenters. The average molecular weight is 362 g/mol. The van der Waals surface area contributed by atoms with Crippen LogP contribution in [0.15, 0.2) is 54.6 Å². The second-order valence-corrected chi connectivity index (χ2v) is 5.92. The Morgan fingerprint density at radius 2 is 1.81 bits per heavy atom. The lowest BCUT2D eigenvalue weighted by Gasteiger charge is -2.12. The fourth-order valence-electron chi connectivity index (χ4n) is 2.68. The van der Waals surface area contributed by atoms with Gasteiger partial charge in [-0.25, -0.2) is 9.18 Å². The number of carbonyl (C=O) groups excluding carboxylic acids is 2. The van der Waals surface area contributed by atoms with Crippen LogP contribution in [-0.4, -0.2) is 11.9 Å². The lowest BCUT2D eigenvalue weighted by molar-refractivity contribution is -0.114. The van der Waals surface area contributed by atoms with E-state index < -0.39 is 11.8 Å². The van der Waals surface area contributed by atoms with E-state index in [4.69, 9.17) is 10.00 Å². The number of rotatable bonds is 4. The number of carbonyl (C=O) groups is 2. The summed E-state index contributed by atoms with van der Waals surface area (Å²) >= 11 is 0. The minimum atomic E-state index is -0.703. The number of fused-ring (bicyclic) bond motifs is 1. The summed E-state index contributed by atoms with van der Waals surface area (Å²) < 4.78 is 19.1. The molecule has 0 aliphatic carbocycles. The van der Waals surface area contributed by atoms with Crippen LogP contribution in [0.2, 0.25) is 0 Å². The molecule has 0 saturated carbocycles. The lowest BCUT2D eigenvalue weighted by Crippen LogP contribution is -2.13. The van der Waals surface area contributed by atoms with Gasteiger partial charge in [-0.2, -0.15) is 5.26 Å². The summed E-state index contributed by atoms with van der Waals surface area (Å²) in [4.78, 5) is 24.0. The normalized spacial score (nSPS) is 10.3. The molecule has 0 fully saturated rings. The summed E-state index contributed by atoms with van der Waals surface area (Å²) in [5.74, 6) is -1.60. The zero-order valence-corrected chi connectivity index (χ0v) is 14.5. The van der Waals surface area contributed by atoms with Gasteiger partial charge in [-0.3, -0.25) is 4.79 Å². The highest BCUT2D eigenvalue weighted by Gasteiger charge is 2.16. The number of ether oxygens (including phenoxy) is 1. The highest BCUT2D eigenvalue weighted by Crippen LogP contribution is 2.25. The van der Waals surface area contributed by atoms with Crippen LogP contribution in [0.5, 0.6) is 0 Å². The zero-order chi connectivity index (χ0) is 19.4. The van der Waals surface area contributed by atoms with E-state index in [0.29, 0.717) is 5.69 Å². The molecule has 0 heterocycles. The van der Waals surface area contributed by atoms with Crippen LogP contribution in [0, 0.1) is 17.1 Å². The molecule has 0 saturated heterocycles. The summed E-state index contributed by atoms with van der Waals surface area (Å²) in [6.07, 6.45) is 0. The summed E-state index contributed by atoms with van der Waals surface area (Å²) in [6.45, 7) is 1.01. The highest BCUT2D eigenvalue weighted by molar-refractivity contribution is 6.05. The molecule has 3 rings (SSSR count).